The molecule has 0 bridgehead atoms. The minimum Gasteiger partial charge on any atom is -0.299 e. The van der Waals surface area contributed by atoms with Crippen LogP contribution in [0.5, 0.6) is 0 Å². The van der Waals surface area contributed by atoms with Gasteiger partial charge in [-0.15, -0.1) is 0 Å². The van der Waals surface area contributed by atoms with Crippen LogP contribution in [0.3, 0.4) is 0 Å². The molecule has 5 rings (SSSR count). The van der Waals surface area contributed by atoms with Gasteiger partial charge in [0.2, 0.25) is 10.0 Å². The summed E-state index contributed by atoms with van der Waals surface area (Å²) in [7, 11) is -3.61. The van der Waals surface area contributed by atoms with Gasteiger partial charge in [0.1, 0.15) is 5.78 Å². The van der Waals surface area contributed by atoms with Crippen LogP contribution in [-0.4, -0.2) is 14.2 Å². The number of benzene rings is 2. The van der Waals surface area contributed by atoms with Gasteiger partial charge >= 0.3 is 0 Å². The molecule has 4 nitrogen and oxygen atoms in total. The van der Waals surface area contributed by atoms with Gasteiger partial charge in [-0.3, -0.25) is 4.79 Å². The van der Waals surface area contributed by atoms with Gasteiger partial charge in [-0.25, -0.2) is 13.1 Å². The van der Waals surface area contributed by atoms with E-state index in [-0.39, 0.29) is 23.7 Å². The van der Waals surface area contributed by atoms with Gasteiger partial charge < -0.3 is 0 Å². The average Bonchev–Trinajstić information content (AvgIpc) is 3.30. The van der Waals surface area contributed by atoms with E-state index < -0.39 is 15.6 Å². The summed E-state index contributed by atoms with van der Waals surface area (Å²) in [6.45, 7) is 6.09. The van der Waals surface area contributed by atoms with Crippen molar-refractivity contribution in [3.8, 4) is 0 Å². The van der Waals surface area contributed by atoms with E-state index >= 15 is 0 Å². The van der Waals surface area contributed by atoms with Crippen LogP contribution >= 0.6 is 0 Å². The molecule has 1 aliphatic heterocycles. The fourth-order valence-corrected chi connectivity index (χ4v) is 8.89. The van der Waals surface area contributed by atoms with E-state index in [0.29, 0.717) is 23.5 Å². The Kier molecular flexibility index (Phi) is 4.91. The Hall–Kier alpha value is -1.98. The molecule has 5 heteroatoms. The predicted octanol–water partition coefficient (Wildman–Crippen LogP) is 4.99. The molecular weight excluding hydrogens is 406 g/mol. The summed E-state index contributed by atoms with van der Waals surface area (Å²) in [4.78, 5) is 13.8. The van der Waals surface area contributed by atoms with Crippen LogP contribution in [0.4, 0.5) is 0 Å². The number of nitrogens with one attached hydrogen (secondary N) is 1. The lowest BCUT2D eigenvalue weighted by Crippen LogP contribution is -2.45. The molecule has 1 heterocycles. The van der Waals surface area contributed by atoms with Gasteiger partial charge in [-0.1, -0.05) is 67.8 Å². The molecule has 0 saturated heterocycles. The second-order valence-electron chi connectivity index (χ2n) is 9.88. The van der Waals surface area contributed by atoms with Crippen LogP contribution in [-0.2, 0) is 20.4 Å². The van der Waals surface area contributed by atoms with Crippen LogP contribution in [0.2, 0.25) is 0 Å². The van der Waals surface area contributed by atoms with E-state index in [1.54, 1.807) is 0 Å². The van der Waals surface area contributed by atoms with Crippen LogP contribution < -0.4 is 4.72 Å². The SMILES string of the molecule is CCCCC1CC(=O)[C@H]2[C@H](c3ccccc3)C[C@@]3(NS(=O)(=O)c4c(C)cc(C)cc43)[C@@H]12. The highest BCUT2D eigenvalue weighted by atomic mass is 32.2. The fourth-order valence-electron chi connectivity index (χ4n) is 6.97. The number of sulfonamides is 1. The summed E-state index contributed by atoms with van der Waals surface area (Å²) in [6.07, 6.45) is 4.35. The number of ketones is 1. The summed E-state index contributed by atoms with van der Waals surface area (Å²) in [5, 5.41) is 0. The molecule has 2 aromatic carbocycles. The molecule has 2 fully saturated rings. The van der Waals surface area contributed by atoms with E-state index in [9.17, 15) is 13.2 Å². The van der Waals surface area contributed by atoms with E-state index in [2.05, 4.69) is 29.8 Å². The van der Waals surface area contributed by atoms with Crippen molar-refractivity contribution in [2.45, 2.75) is 69.2 Å². The van der Waals surface area contributed by atoms with Crippen molar-refractivity contribution < 1.29 is 13.2 Å². The lowest BCUT2D eigenvalue weighted by Gasteiger charge is -2.35. The number of unbranched alkanes of at least 4 members (excludes halogenated alkanes) is 1. The smallest absolute Gasteiger partial charge is 0.242 e. The maximum Gasteiger partial charge on any atom is 0.242 e. The summed E-state index contributed by atoms with van der Waals surface area (Å²) >= 11 is 0. The second kappa shape index (κ2) is 7.28. The number of Topliss-reactive ketones (excluding diaryl/α,β-unsaturated/α-hetero) is 1. The highest BCUT2D eigenvalue weighted by Crippen LogP contribution is 2.64. The van der Waals surface area contributed by atoms with Crippen LogP contribution in [0.15, 0.2) is 47.4 Å². The third-order valence-corrected chi connectivity index (χ3v) is 9.63. The van der Waals surface area contributed by atoms with E-state index in [0.717, 1.165) is 41.5 Å². The molecule has 0 radical (unpaired) electrons. The van der Waals surface area contributed by atoms with Crippen molar-refractivity contribution in [1.82, 2.24) is 4.72 Å². The molecular formula is C26H31NO3S. The van der Waals surface area contributed by atoms with Crippen molar-refractivity contribution in [3.05, 3.63) is 64.7 Å². The Morgan fingerprint density at radius 3 is 2.58 bits per heavy atom. The minimum atomic E-state index is -3.61. The number of carbonyl (C=O) groups is 1. The maximum atomic E-state index is 13.4. The summed E-state index contributed by atoms with van der Waals surface area (Å²) < 4.78 is 29.9. The molecule has 2 saturated carbocycles. The fraction of sp³-hybridized carbons (Fsp3) is 0.500. The van der Waals surface area contributed by atoms with E-state index in [4.69, 9.17) is 0 Å². The van der Waals surface area contributed by atoms with Crippen molar-refractivity contribution in [1.29, 1.82) is 0 Å². The molecule has 1 N–H and O–H groups in total. The van der Waals surface area contributed by atoms with E-state index in [1.807, 2.05) is 38.1 Å². The van der Waals surface area contributed by atoms with Crippen molar-refractivity contribution in [2.24, 2.45) is 17.8 Å². The third-order valence-electron chi connectivity index (χ3n) is 7.92. The number of rotatable bonds is 4. The molecule has 1 spiro atoms. The monoisotopic (exact) mass is 437 g/mol. The zero-order valence-corrected chi connectivity index (χ0v) is 19.3. The summed E-state index contributed by atoms with van der Waals surface area (Å²) in [5.41, 5.74) is 3.23. The predicted molar refractivity (Wildman–Crippen MR) is 121 cm³/mol. The van der Waals surface area contributed by atoms with Gasteiger partial charge in [0, 0.05) is 12.3 Å². The Bertz CT molecular complexity index is 1140. The molecule has 31 heavy (non-hydrogen) atoms. The number of hydrogen-bond donors (Lipinski definition) is 1. The number of aryl methyl sites for hydroxylation is 2. The Balaban J connectivity index is 1.73. The van der Waals surface area contributed by atoms with Gasteiger partial charge in [0.05, 0.1) is 10.4 Å². The Morgan fingerprint density at radius 2 is 1.87 bits per heavy atom. The molecule has 2 aromatic rings. The standard InChI is InChI=1S/C26H31NO3S/c1-4-5-9-19-14-22(28)23-20(18-10-7-6-8-11-18)15-26(24(19)23)21-13-16(2)12-17(3)25(21)31(29,30)27-26/h6-8,10-13,19-20,23-24,27H,4-5,9,14-15H2,1-3H3/t19?,20-,23+,24-,26-/m0/s1. The first kappa shape index (κ1) is 20.9. The summed E-state index contributed by atoms with van der Waals surface area (Å²) in [6, 6.07) is 14.2. The second-order valence-corrected chi connectivity index (χ2v) is 11.5. The lowest BCUT2D eigenvalue weighted by atomic mass is 9.73. The molecule has 1 unspecified atom stereocenters. The molecule has 5 atom stereocenters. The first-order chi connectivity index (χ1) is 14.8. The number of hydrogen-bond acceptors (Lipinski definition) is 3. The maximum absolute atomic E-state index is 13.4. The number of fused-ring (bicyclic) bond motifs is 4. The first-order valence-electron chi connectivity index (χ1n) is 11.5. The summed E-state index contributed by atoms with van der Waals surface area (Å²) in [5.74, 6) is 0.460. The zero-order chi connectivity index (χ0) is 22.0. The molecule has 3 aliphatic rings. The van der Waals surface area contributed by atoms with Gasteiger partial charge in [-0.2, -0.15) is 0 Å². The van der Waals surface area contributed by atoms with Crippen LogP contribution in [0.25, 0.3) is 0 Å². The molecule has 0 amide bonds. The van der Waals surface area contributed by atoms with Crippen LogP contribution in [0.1, 0.15) is 67.2 Å². The van der Waals surface area contributed by atoms with Gasteiger partial charge in [0.15, 0.2) is 0 Å². The van der Waals surface area contributed by atoms with Gasteiger partial charge in [0.25, 0.3) is 0 Å². The molecule has 164 valence electrons. The highest BCUT2D eigenvalue weighted by molar-refractivity contribution is 7.90. The van der Waals surface area contributed by atoms with E-state index in [1.165, 1.54) is 0 Å². The highest BCUT2D eigenvalue weighted by Gasteiger charge is 2.66. The zero-order valence-electron chi connectivity index (χ0n) is 18.5. The minimum absolute atomic E-state index is 0.00832. The van der Waals surface area contributed by atoms with Gasteiger partial charge in [-0.05, 0) is 61.1 Å². The Labute approximate surface area is 185 Å². The average molecular weight is 438 g/mol. The lowest BCUT2D eigenvalue weighted by molar-refractivity contribution is -0.121. The quantitative estimate of drug-likeness (QED) is 0.733. The Morgan fingerprint density at radius 1 is 1.13 bits per heavy atom. The van der Waals surface area contributed by atoms with Crippen LogP contribution in [0, 0.1) is 31.6 Å². The third kappa shape index (κ3) is 3.04. The topological polar surface area (TPSA) is 63.2 Å². The first-order valence-corrected chi connectivity index (χ1v) is 13.0. The molecule has 0 aromatic heterocycles. The van der Waals surface area contributed by atoms with Crippen molar-refractivity contribution in [2.75, 3.05) is 0 Å². The normalized spacial score (nSPS) is 33.1. The molecule has 2 aliphatic carbocycles. The van der Waals surface area contributed by atoms with Crippen molar-refractivity contribution in [3.63, 3.8) is 0 Å². The van der Waals surface area contributed by atoms with Crippen molar-refractivity contribution >= 4 is 15.8 Å². The largest absolute Gasteiger partial charge is 0.299 e. The number of carbonyl (C=O) groups excluding carboxylic acids is 1.